The molecule has 1 amide bonds. The lowest BCUT2D eigenvalue weighted by Gasteiger charge is -2.25. The molecule has 1 fully saturated rings. The molecule has 0 bridgehead atoms. The molecular formula is C12H17N3O2S. The summed E-state index contributed by atoms with van der Waals surface area (Å²) in [6, 6.07) is 7.10. The van der Waals surface area contributed by atoms with Gasteiger partial charge in [-0.05, 0) is 18.2 Å². The van der Waals surface area contributed by atoms with E-state index >= 15 is 0 Å². The van der Waals surface area contributed by atoms with Crippen LogP contribution in [0.1, 0.15) is 0 Å². The van der Waals surface area contributed by atoms with Crippen molar-refractivity contribution in [3.8, 4) is 0 Å². The topological polar surface area (TPSA) is 75.4 Å². The normalized spacial score (nSPS) is 17.6. The lowest BCUT2D eigenvalue weighted by molar-refractivity contribution is -0.117. The highest BCUT2D eigenvalue weighted by molar-refractivity contribution is 7.85. The summed E-state index contributed by atoms with van der Waals surface area (Å²) in [5.74, 6) is 1.25. The molecule has 1 aliphatic rings. The predicted octanol–water partition coefficient (Wildman–Crippen LogP) is 0.272. The van der Waals surface area contributed by atoms with Gasteiger partial charge in [-0.25, -0.2) is 0 Å². The SMILES string of the molecule is Nc1cccc(NC(=O)CN2CCS(=O)CC2)c1. The molecule has 98 valence electrons. The van der Waals surface area contributed by atoms with Crippen LogP contribution in [0.2, 0.25) is 0 Å². The Hall–Kier alpha value is -1.40. The zero-order chi connectivity index (χ0) is 13.0. The Kier molecular flexibility index (Phi) is 4.33. The van der Waals surface area contributed by atoms with E-state index in [9.17, 15) is 9.00 Å². The zero-order valence-electron chi connectivity index (χ0n) is 10.1. The zero-order valence-corrected chi connectivity index (χ0v) is 10.9. The molecule has 2 rings (SSSR count). The van der Waals surface area contributed by atoms with Gasteiger partial charge >= 0.3 is 0 Å². The molecule has 1 aliphatic heterocycles. The molecular weight excluding hydrogens is 250 g/mol. The first-order valence-corrected chi connectivity index (χ1v) is 7.35. The van der Waals surface area contributed by atoms with Crippen molar-refractivity contribution in [2.24, 2.45) is 0 Å². The van der Waals surface area contributed by atoms with E-state index in [0.29, 0.717) is 29.4 Å². The minimum absolute atomic E-state index is 0.0618. The number of amides is 1. The van der Waals surface area contributed by atoms with Crippen molar-refractivity contribution in [2.75, 3.05) is 42.2 Å². The summed E-state index contributed by atoms with van der Waals surface area (Å²) < 4.78 is 11.2. The number of carbonyl (C=O) groups excluding carboxylic acids is 1. The summed E-state index contributed by atoms with van der Waals surface area (Å²) in [4.78, 5) is 13.8. The van der Waals surface area contributed by atoms with Crippen LogP contribution >= 0.6 is 0 Å². The summed E-state index contributed by atoms with van der Waals surface area (Å²) in [6.45, 7) is 1.78. The van der Waals surface area contributed by atoms with Crippen molar-refractivity contribution >= 4 is 28.1 Å². The second-order valence-corrected chi connectivity index (χ2v) is 5.99. The molecule has 1 aromatic rings. The van der Waals surface area contributed by atoms with Crippen LogP contribution in [0, 0.1) is 0 Å². The summed E-state index contributed by atoms with van der Waals surface area (Å²) in [5, 5.41) is 2.80. The number of benzene rings is 1. The summed E-state index contributed by atoms with van der Waals surface area (Å²) >= 11 is 0. The molecule has 0 unspecified atom stereocenters. The second-order valence-electron chi connectivity index (χ2n) is 4.30. The maximum atomic E-state index is 11.8. The van der Waals surface area contributed by atoms with Crippen molar-refractivity contribution < 1.29 is 9.00 Å². The number of anilines is 2. The third-order valence-corrected chi connectivity index (χ3v) is 4.08. The Morgan fingerprint density at radius 2 is 2.11 bits per heavy atom. The molecule has 1 heterocycles. The summed E-state index contributed by atoms with van der Waals surface area (Å²) in [6.07, 6.45) is 0. The quantitative estimate of drug-likeness (QED) is 0.771. The van der Waals surface area contributed by atoms with Gasteiger partial charge in [-0.3, -0.25) is 13.9 Å². The highest BCUT2D eigenvalue weighted by Gasteiger charge is 2.17. The molecule has 0 atom stereocenters. The smallest absolute Gasteiger partial charge is 0.238 e. The first-order chi connectivity index (χ1) is 8.63. The van der Waals surface area contributed by atoms with E-state index in [-0.39, 0.29) is 5.91 Å². The van der Waals surface area contributed by atoms with Crippen molar-refractivity contribution in [1.82, 2.24) is 4.90 Å². The van der Waals surface area contributed by atoms with E-state index in [1.807, 2.05) is 4.90 Å². The number of nitrogens with zero attached hydrogens (tertiary/aromatic N) is 1. The van der Waals surface area contributed by atoms with Crippen molar-refractivity contribution in [2.45, 2.75) is 0 Å². The van der Waals surface area contributed by atoms with Crippen LogP contribution in [0.15, 0.2) is 24.3 Å². The number of nitrogens with two attached hydrogens (primary N) is 1. The molecule has 0 saturated carbocycles. The highest BCUT2D eigenvalue weighted by atomic mass is 32.2. The van der Waals surface area contributed by atoms with Gasteiger partial charge in [-0.1, -0.05) is 6.07 Å². The Morgan fingerprint density at radius 1 is 1.39 bits per heavy atom. The van der Waals surface area contributed by atoms with Crippen LogP contribution < -0.4 is 11.1 Å². The van der Waals surface area contributed by atoms with Gasteiger partial charge in [-0.15, -0.1) is 0 Å². The molecule has 18 heavy (non-hydrogen) atoms. The third-order valence-electron chi connectivity index (χ3n) is 2.81. The average Bonchev–Trinajstić information content (AvgIpc) is 2.32. The molecule has 5 nitrogen and oxygen atoms in total. The molecule has 6 heteroatoms. The fourth-order valence-electron chi connectivity index (χ4n) is 1.85. The van der Waals surface area contributed by atoms with Gasteiger partial charge in [0.15, 0.2) is 0 Å². The molecule has 1 saturated heterocycles. The van der Waals surface area contributed by atoms with E-state index in [4.69, 9.17) is 5.73 Å². The van der Waals surface area contributed by atoms with Gasteiger partial charge in [0, 0.05) is 46.8 Å². The Balaban J connectivity index is 1.83. The second kappa shape index (κ2) is 5.97. The van der Waals surface area contributed by atoms with Gasteiger partial charge in [0.2, 0.25) is 5.91 Å². The number of carbonyl (C=O) groups is 1. The van der Waals surface area contributed by atoms with Gasteiger partial charge in [0.05, 0.1) is 6.54 Å². The minimum atomic E-state index is -0.707. The Morgan fingerprint density at radius 3 is 2.78 bits per heavy atom. The maximum Gasteiger partial charge on any atom is 0.238 e. The summed E-state index contributed by atoms with van der Waals surface area (Å²) in [5.41, 5.74) is 6.97. The first kappa shape index (κ1) is 13.0. The van der Waals surface area contributed by atoms with Crippen LogP contribution in [-0.4, -0.2) is 46.2 Å². The fourth-order valence-corrected chi connectivity index (χ4v) is 2.98. The van der Waals surface area contributed by atoms with E-state index in [2.05, 4.69) is 5.32 Å². The minimum Gasteiger partial charge on any atom is -0.399 e. The molecule has 1 aromatic carbocycles. The highest BCUT2D eigenvalue weighted by Crippen LogP contribution is 2.11. The Bertz CT molecular complexity index is 454. The molecule has 3 N–H and O–H groups in total. The fraction of sp³-hybridized carbons (Fsp3) is 0.417. The van der Waals surface area contributed by atoms with E-state index in [0.717, 1.165) is 13.1 Å². The van der Waals surface area contributed by atoms with E-state index < -0.39 is 10.8 Å². The van der Waals surface area contributed by atoms with Crippen LogP contribution in [0.25, 0.3) is 0 Å². The number of hydrogen-bond acceptors (Lipinski definition) is 4. The van der Waals surface area contributed by atoms with E-state index in [1.54, 1.807) is 24.3 Å². The first-order valence-electron chi connectivity index (χ1n) is 5.86. The van der Waals surface area contributed by atoms with Gasteiger partial charge in [0.25, 0.3) is 0 Å². The lowest BCUT2D eigenvalue weighted by atomic mass is 10.3. The van der Waals surface area contributed by atoms with Gasteiger partial charge in [-0.2, -0.15) is 0 Å². The standard InChI is InChI=1S/C12H17N3O2S/c13-10-2-1-3-11(8-10)14-12(16)9-15-4-6-18(17)7-5-15/h1-3,8H,4-7,9,13H2,(H,14,16). The van der Waals surface area contributed by atoms with Crippen LogP contribution in [0.4, 0.5) is 11.4 Å². The molecule has 0 spiro atoms. The number of hydrogen-bond donors (Lipinski definition) is 2. The van der Waals surface area contributed by atoms with Crippen LogP contribution in [-0.2, 0) is 15.6 Å². The number of nitrogen functional groups attached to an aromatic ring is 1. The predicted molar refractivity (Wildman–Crippen MR) is 73.8 cm³/mol. The van der Waals surface area contributed by atoms with Crippen LogP contribution in [0.3, 0.4) is 0 Å². The molecule has 0 radical (unpaired) electrons. The lowest BCUT2D eigenvalue weighted by Crippen LogP contribution is -2.42. The molecule has 0 aromatic heterocycles. The maximum absolute atomic E-state index is 11.8. The van der Waals surface area contributed by atoms with Gasteiger partial charge in [0.1, 0.15) is 0 Å². The number of nitrogens with one attached hydrogen (secondary N) is 1. The third kappa shape index (κ3) is 3.82. The van der Waals surface area contributed by atoms with Crippen molar-refractivity contribution in [3.05, 3.63) is 24.3 Å². The summed E-state index contributed by atoms with van der Waals surface area (Å²) in [7, 11) is -0.707. The monoisotopic (exact) mass is 267 g/mol. The van der Waals surface area contributed by atoms with Crippen molar-refractivity contribution in [3.63, 3.8) is 0 Å². The van der Waals surface area contributed by atoms with Crippen LogP contribution in [0.5, 0.6) is 0 Å². The largest absolute Gasteiger partial charge is 0.399 e. The van der Waals surface area contributed by atoms with Gasteiger partial charge < -0.3 is 11.1 Å². The molecule has 0 aliphatic carbocycles. The average molecular weight is 267 g/mol. The van der Waals surface area contributed by atoms with Crippen molar-refractivity contribution in [1.29, 1.82) is 0 Å². The van der Waals surface area contributed by atoms with E-state index in [1.165, 1.54) is 0 Å². The Labute approximate surface area is 109 Å². The number of rotatable bonds is 3.